The van der Waals surface area contributed by atoms with Gasteiger partial charge < -0.3 is 10.4 Å². The summed E-state index contributed by atoms with van der Waals surface area (Å²) in [6, 6.07) is 9.75. The van der Waals surface area contributed by atoms with Gasteiger partial charge in [-0.2, -0.15) is 0 Å². The Morgan fingerprint density at radius 2 is 1.79 bits per heavy atom. The number of carbonyl (C=O) groups excluding carboxylic acids is 1. The van der Waals surface area contributed by atoms with Crippen molar-refractivity contribution in [1.29, 1.82) is 0 Å². The number of aliphatic carboxylic acids is 1. The van der Waals surface area contributed by atoms with Crippen LogP contribution in [0, 0.1) is 0 Å². The number of likely N-dealkylation sites (N-methyl/N-ethyl adjacent to an activating group) is 1. The summed E-state index contributed by atoms with van der Waals surface area (Å²) in [6.07, 6.45) is 0. The zero-order chi connectivity index (χ0) is 14.3. The van der Waals surface area contributed by atoms with E-state index in [1.807, 2.05) is 44.2 Å². The molecule has 1 atom stereocenters. The number of nitrogens with zero attached hydrogens (tertiary/aromatic N) is 1. The maximum atomic E-state index is 11.1. The molecule has 0 heterocycles. The molecule has 1 amide bonds. The number of amides is 1. The molecule has 5 heteroatoms. The molecular formula is C14H20N2O3. The Morgan fingerprint density at radius 1 is 1.21 bits per heavy atom. The summed E-state index contributed by atoms with van der Waals surface area (Å²) in [5, 5.41) is 11.0. The summed E-state index contributed by atoms with van der Waals surface area (Å²) in [5.74, 6) is -2.42. The van der Waals surface area contributed by atoms with Crippen LogP contribution in [-0.4, -0.2) is 41.5 Å². The van der Waals surface area contributed by atoms with Crippen LogP contribution in [0.5, 0.6) is 0 Å². The Balaban J connectivity index is 2.81. The van der Waals surface area contributed by atoms with Gasteiger partial charge in [0.1, 0.15) is 0 Å². The van der Waals surface area contributed by atoms with Gasteiger partial charge in [0.05, 0.1) is 6.04 Å². The molecule has 0 aliphatic heterocycles. The quantitative estimate of drug-likeness (QED) is 0.759. The maximum Gasteiger partial charge on any atom is 0.394 e. The van der Waals surface area contributed by atoms with E-state index < -0.39 is 11.9 Å². The molecule has 1 aromatic carbocycles. The van der Waals surface area contributed by atoms with Gasteiger partial charge in [-0.25, -0.2) is 4.79 Å². The summed E-state index contributed by atoms with van der Waals surface area (Å²) >= 11 is 0. The highest BCUT2D eigenvalue weighted by Crippen LogP contribution is 2.19. The Kier molecular flexibility index (Phi) is 6.02. The zero-order valence-electron chi connectivity index (χ0n) is 11.3. The Labute approximate surface area is 113 Å². The highest BCUT2D eigenvalue weighted by molar-refractivity contribution is 6.31. The van der Waals surface area contributed by atoms with Crippen molar-refractivity contribution in [2.45, 2.75) is 19.9 Å². The first-order valence-electron chi connectivity index (χ1n) is 6.40. The van der Waals surface area contributed by atoms with Crippen LogP contribution in [-0.2, 0) is 9.59 Å². The van der Waals surface area contributed by atoms with Crippen molar-refractivity contribution in [2.24, 2.45) is 0 Å². The molecule has 2 N–H and O–H groups in total. The van der Waals surface area contributed by atoms with Gasteiger partial charge in [0.2, 0.25) is 0 Å². The predicted molar refractivity (Wildman–Crippen MR) is 72.7 cm³/mol. The van der Waals surface area contributed by atoms with E-state index in [9.17, 15) is 9.59 Å². The number of benzene rings is 1. The third kappa shape index (κ3) is 4.37. The maximum absolute atomic E-state index is 11.1. The van der Waals surface area contributed by atoms with Crippen LogP contribution < -0.4 is 5.32 Å². The SMILES string of the molecule is CCN(CC)C(CNC(=O)C(=O)O)c1ccccc1. The summed E-state index contributed by atoms with van der Waals surface area (Å²) in [7, 11) is 0. The van der Waals surface area contributed by atoms with Crippen molar-refractivity contribution < 1.29 is 14.7 Å². The summed E-state index contributed by atoms with van der Waals surface area (Å²) < 4.78 is 0. The molecular weight excluding hydrogens is 244 g/mol. The normalized spacial score (nSPS) is 12.2. The van der Waals surface area contributed by atoms with Crippen LogP contribution in [0.25, 0.3) is 0 Å². The zero-order valence-corrected chi connectivity index (χ0v) is 11.3. The second-order valence-corrected chi connectivity index (χ2v) is 4.16. The van der Waals surface area contributed by atoms with Gasteiger partial charge in [-0.1, -0.05) is 44.2 Å². The largest absolute Gasteiger partial charge is 0.474 e. The smallest absolute Gasteiger partial charge is 0.394 e. The van der Waals surface area contributed by atoms with Crippen molar-refractivity contribution in [3.8, 4) is 0 Å². The fourth-order valence-corrected chi connectivity index (χ4v) is 2.06. The van der Waals surface area contributed by atoms with E-state index in [1.165, 1.54) is 0 Å². The van der Waals surface area contributed by atoms with Gasteiger partial charge in [0, 0.05) is 6.54 Å². The highest BCUT2D eigenvalue weighted by atomic mass is 16.4. The first-order chi connectivity index (χ1) is 9.10. The molecule has 0 bridgehead atoms. The Morgan fingerprint density at radius 3 is 2.26 bits per heavy atom. The lowest BCUT2D eigenvalue weighted by Crippen LogP contribution is -2.40. The van der Waals surface area contributed by atoms with E-state index in [0.717, 1.165) is 18.7 Å². The van der Waals surface area contributed by atoms with Crippen molar-refractivity contribution in [3.05, 3.63) is 35.9 Å². The molecule has 1 rings (SSSR count). The van der Waals surface area contributed by atoms with Crippen molar-refractivity contribution in [2.75, 3.05) is 19.6 Å². The number of carbonyl (C=O) groups is 2. The number of hydrogen-bond acceptors (Lipinski definition) is 3. The third-order valence-corrected chi connectivity index (χ3v) is 3.09. The molecule has 104 valence electrons. The predicted octanol–water partition coefficient (Wildman–Crippen LogP) is 1.27. The molecule has 5 nitrogen and oxygen atoms in total. The lowest BCUT2D eigenvalue weighted by molar-refractivity contribution is -0.150. The van der Waals surface area contributed by atoms with E-state index in [1.54, 1.807) is 0 Å². The van der Waals surface area contributed by atoms with Crippen LogP contribution in [0.15, 0.2) is 30.3 Å². The van der Waals surface area contributed by atoms with E-state index in [4.69, 9.17) is 5.11 Å². The van der Waals surface area contributed by atoms with E-state index >= 15 is 0 Å². The molecule has 1 unspecified atom stereocenters. The minimum atomic E-state index is -1.45. The number of carboxylic acid groups (broad SMARTS) is 1. The Hall–Kier alpha value is -1.88. The number of rotatable bonds is 6. The van der Waals surface area contributed by atoms with Crippen LogP contribution in [0.4, 0.5) is 0 Å². The van der Waals surface area contributed by atoms with Crippen LogP contribution in [0.2, 0.25) is 0 Å². The van der Waals surface area contributed by atoms with Gasteiger partial charge in [-0.05, 0) is 18.7 Å². The average molecular weight is 264 g/mol. The molecule has 0 aromatic heterocycles. The van der Waals surface area contributed by atoms with Crippen molar-refractivity contribution in [3.63, 3.8) is 0 Å². The lowest BCUT2D eigenvalue weighted by Gasteiger charge is -2.30. The fraction of sp³-hybridized carbons (Fsp3) is 0.429. The van der Waals surface area contributed by atoms with E-state index in [0.29, 0.717) is 0 Å². The number of nitrogens with one attached hydrogen (secondary N) is 1. The average Bonchev–Trinajstić information content (AvgIpc) is 2.43. The van der Waals surface area contributed by atoms with Gasteiger partial charge in [0.15, 0.2) is 0 Å². The van der Waals surface area contributed by atoms with E-state index in [2.05, 4.69) is 10.2 Å². The van der Waals surface area contributed by atoms with Crippen LogP contribution in [0.3, 0.4) is 0 Å². The van der Waals surface area contributed by atoms with Crippen molar-refractivity contribution >= 4 is 11.9 Å². The summed E-state index contributed by atoms with van der Waals surface area (Å²) in [6.45, 7) is 6.03. The molecule has 0 aliphatic carbocycles. The highest BCUT2D eigenvalue weighted by Gasteiger charge is 2.20. The molecule has 0 fully saturated rings. The Bertz CT molecular complexity index is 416. The second-order valence-electron chi connectivity index (χ2n) is 4.16. The summed E-state index contributed by atoms with van der Waals surface area (Å²) in [4.78, 5) is 23.9. The molecule has 0 radical (unpaired) electrons. The topological polar surface area (TPSA) is 69.6 Å². The van der Waals surface area contributed by atoms with Gasteiger partial charge in [-0.15, -0.1) is 0 Å². The molecule has 1 aromatic rings. The third-order valence-electron chi connectivity index (χ3n) is 3.09. The molecule has 0 spiro atoms. The molecule has 0 aliphatic rings. The van der Waals surface area contributed by atoms with Crippen LogP contribution >= 0.6 is 0 Å². The van der Waals surface area contributed by atoms with E-state index in [-0.39, 0.29) is 12.6 Å². The minimum absolute atomic E-state index is 0.0144. The number of carboxylic acids is 1. The van der Waals surface area contributed by atoms with Gasteiger partial charge >= 0.3 is 11.9 Å². The van der Waals surface area contributed by atoms with Crippen molar-refractivity contribution in [1.82, 2.24) is 10.2 Å². The standard InChI is InChI=1S/C14H20N2O3/c1-3-16(4-2)12(10-15-13(17)14(18)19)11-8-6-5-7-9-11/h5-9,12H,3-4,10H2,1-2H3,(H,15,17)(H,18,19). The fourth-order valence-electron chi connectivity index (χ4n) is 2.06. The molecule has 0 saturated heterocycles. The minimum Gasteiger partial charge on any atom is -0.474 e. The van der Waals surface area contributed by atoms with Crippen LogP contribution in [0.1, 0.15) is 25.5 Å². The van der Waals surface area contributed by atoms with Gasteiger partial charge in [-0.3, -0.25) is 9.69 Å². The summed E-state index contributed by atoms with van der Waals surface area (Å²) in [5.41, 5.74) is 1.07. The first-order valence-corrected chi connectivity index (χ1v) is 6.40. The molecule has 19 heavy (non-hydrogen) atoms. The monoisotopic (exact) mass is 264 g/mol. The first kappa shape index (κ1) is 15.2. The molecule has 0 saturated carbocycles. The second kappa shape index (κ2) is 7.53. The number of hydrogen-bond donors (Lipinski definition) is 2. The lowest BCUT2D eigenvalue weighted by atomic mass is 10.1. The van der Waals surface area contributed by atoms with Gasteiger partial charge in [0.25, 0.3) is 0 Å².